The first kappa shape index (κ1) is 17.0. The molecule has 0 heterocycles. The second-order valence-electron chi connectivity index (χ2n) is 4.85. The normalized spacial score (nSPS) is 10.0. The third-order valence-corrected chi connectivity index (χ3v) is 3.89. The predicted molar refractivity (Wildman–Crippen MR) is 92.9 cm³/mol. The molecule has 0 saturated carbocycles. The van der Waals surface area contributed by atoms with Gasteiger partial charge in [0.25, 0.3) is 5.91 Å². The zero-order valence-electron chi connectivity index (χ0n) is 12.9. The summed E-state index contributed by atoms with van der Waals surface area (Å²) in [6.45, 7) is 0. The van der Waals surface area contributed by atoms with Gasteiger partial charge in [0.05, 0.1) is 18.0 Å². The molecule has 0 unspecified atom stereocenters. The van der Waals surface area contributed by atoms with Crippen LogP contribution in [0.3, 0.4) is 0 Å². The van der Waals surface area contributed by atoms with Gasteiger partial charge in [-0.2, -0.15) is 0 Å². The molecule has 0 aliphatic heterocycles. The molecule has 2 aromatic rings. The SMILES string of the molecule is CNC(=O)Cc1ccc(NC(=O)c2ccc(OC)c(Br)c2)cc1. The molecule has 0 bridgehead atoms. The van der Waals surface area contributed by atoms with Crippen molar-refractivity contribution in [2.75, 3.05) is 19.5 Å². The topological polar surface area (TPSA) is 67.4 Å². The Labute approximate surface area is 143 Å². The van der Waals surface area contributed by atoms with Crippen LogP contribution in [-0.2, 0) is 11.2 Å². The minimum atomic E-state index is -0.215. The summed E-state index contributed by atoms with van der Waals surface area (Å²) in [7, 11) is 3.17. The molecular formula is C17H17BrN2O3. The van der Waals surface area contributed by atoms with Gasteiger partial charge in [-0.1, -0.05) is 12.1 Å². The van der Waals surface area contributed by atoms with Crippen LogP contribution in [-0.4, -0.2) is 26.0 Å². The summed E-state index contributed by atoms with van der Waals surface area (Å²) in [5, 5.41) is 5.39. The van der Waals surface area contributed by atoms with Crippen molar-refractivity contribution in [1.82, 2.24) is 5.32 Å². The molecule has 2 aromatic carbocycles. The number of carbonyl (C=O) groups excluding carboxylic acids is 2. The van der Waals surface area contributed by atoms with Gasteiger partial charge >= 0.3 is 0 Å². The second-order valence-corrected chi connectivity index (χ2v) is 5.70. The summed E-state index contributed by atoms with van der Waals surface area (Å²) in [6.07, 6.45) is 0.316. The van der Waals surface area contributed by atoms with Crippen LogP contribution in [0, 0.1) is 0 Å². The van der Waals surface area contributed by atoms with Crippen LogP contribution in [0.2, 0.25) is 0 Å². The molecule has 0 atom stereocenters. The molecular weight excluding hydrogens is 360 g/mol. The van der Waals surface area contributed by atoms with Crippen molar-refractivity contribution in [3.63, 3.8) is 0 Å². The number of rotatable bonds is 5. The van der Waals surface area contributed by atoms with Crippen molar-refractivity contribution in [3.05, 3.63) is 58.1 Å². The van der Waals surface area contributed by atoms with Gasteiger partial charge in [0, 0.05) is 18.3 Å². The van der Waals surface area contributed by atoms with Crippen LogP contribution < -0.4 is 15.4 Å². The number of hydrogen-bond donors (Lipinski definition) is 2. The van der Waals surface area contributed by atoms with E-state index >= 15 is 0 Å². The number of benzene rings is 2. The van der Waals surface area contributed by atoms with Crippen molar-refractivity contribution >= 4 is 33.4 Å². The molecule has 0 saturated heterocycles. The monoisotopic (exact) mass is 376 g/mol. The highest BCUT2D eigenvalue weighted by Gasteiger charge is 2.09. The van der Waals surface area contributed by atoms with E-state index in [1.54, 1.807) is 44.5 Å². The van der Waals surface area contributed by atoms with E-state index in [1.807, 2.05) is 12.1 Å². The van der Waals surface area contributed by atoms with Gasteiger partial charge < -0.3 is 15.4 Å². The van der Waals surface area contributed by atoms with Crippen molar-refractivity contribution in [2.24, 2.45) is 0 Å². The molecule has 5 nitrogen and oxygen atoms in total. The molecule has 0 aromatic heterocycles. The van der Waals surface area contributed by atoms with Crippen LogP contribution in [0.25, 0.3) is 0 Å². The third kappa shape index (κ3) is 4.56. The largest absolute Gasteiger partial charge is 0.496 e. The molecule has 23 heavy (non-hydrogen) atoms. The Morgan fingerprint density at radius 1 is 1.13 bits per heavy atom. The van der Waals surface area contributed by atoms with Gasteiger partial charge in [0.15, 0.2) is 0 Å². The summed E-state index contributed by atoms with van der Waals surface area (Å²) in [5.74, 6) is 0.400. The summed E-state index contributed by atoms with van der Waals surface area (Å²) < 4.78 is 5.86. The van der Waals surface area contributed by atoms with Crippen LogP contribution >= 0.6 is 15.9 Å². The summed E-state index contributed by atoms with van der Waals surface area (Å²) in [5.41, 5.74) is 2.07. The minimum absolute atomic E-state index is 0.0510. The lowest BCUT2D eigenvalue weighted by Gasteiger charge is -2.08. The molecule has 2 rings (SSSR count). The Balaban J connectivity index is 2.05. The molecule has 0 aliphatic rings. The van der Waals surface area contributed by atoms with E-state index in [0.29, 0.717) is 27.9 Å². The van der Waals surface area contributed by atoms with Gasteiger partial charge in [-0.25, -0.2) is 0 Å². The Bertz CT molecular complexity index is 714. The van der Waals surface area contributed by atoms with Crippen molar-refractivity contribution in [2.45, 2.75) is 6.42 Å². The Kier molecular flexibility index (Phi) is 5.76. The number of methoxy groups -OCH3 is 1. The lowest BCUT2D eigenvalue weighted by molar-refractivity contribution is -0.119. The second kappa shape index (κ2) is 7.78. The molecule has 0 radical (unpaired) electrons. The lowest BCUT2D eigenvalue weighted by Crippen LogP contribution is -2.19. The first-order valence-corrected chi connectivity index (χ1v) is 7.77. The quantitative estimate of drug-likeness (QED) is 0.842. The van der Waals surface area contributed by atoms with Crippen LogP contribution in [0.4, 0.5) is 5.69 Å². The molecule has 0 aliphatic carbocycles. The average molecular weight is 377 g/mol. The first-order chi connectivity index (χ1) is 11.0. The highest BCUT2D eigenvalue weighted by Crippen LogP contribution is 2.25. The molecule has 120 valence electrons. The van der Waals surface area contributed by atoms with Gasteiger partial charge in [0.1, 0.15) is 5.75 Å². The fraction of sp³-hybridized carbons (Fsp3) is 0.176. The molecule has 6 heteroatoms. The zero-order valence-corrected chi connectivity index (χ0v) is 14.4. The van der Waals surface area contributed by atoms with Crippen LogP contribution in [0.5, 0.6) is 5.75 Å². The standard InChI is InChI=1S/C17H17BrN2O3/c1-19-16(21)9-11-3-6-13(7-4-11)20-17(22)12-5-8-15(23-2)14(18)10-12/h3-8,10H,9H2,1-2H3,(H,19,21)(H,20,22). The molecule has 0 spiro atoms. The minimum Gasteiger partial charge on any atom is -0.496 e. The van der Waals surface area contributed by atoms with Crippen molar-refractivity contribution < 1.29 is 14.3 Å². The summed E-state index contributed by atoms with van der Waals surface area (Å²) in [4.78, 5) is 23.6. The summed E-state index contributed by atoms with van der Waals surface area (Å²) in [6, 6.07) is 12.3. The van der Waals surface area contributed by atoms with Gasteiger partial charge in [-0.3, -0.25) is 9.59 Å². The number of anilines is 1. The highest BCUT2D eigenvalue weighted by atomic mass is 79.9. The van der Waals surface area contributed by atoms with E-state index in [9.17, 15) is 9.59 Å². The maximum Gasteiger partial charge on any atom is 0.255 e. The molecule has 0 fully saturated rings. The number of nitrogens with one attached hydrogen (secondary N) is 2. The highest BCUT2D eigenvalue weighted by molar-refractivity contribution is 9.10. The Morgan fingerprint density at radius 3 is 2.39 bits per heavy atom. The maximum absolute atomic E-state index is 12.2. The van der Waals surface area contributed by atoms with E-state index < -0.39 is 0 Å². The van der Waals surface area contributed by atoms with E-state index in [0.717, 1.165) is 5.56 Å². The van der Waals surface area contributed by atoms with E-state index in [4.69, 9.17) is 4.74 Å². The Morgan fingerprint density at radius 2 is 1.83 bits per heavy atom. The van der Waals surface area contributed by atoms with E-state index in [2.05, 4.69) is 26.6 Å². The number of likely N-dealkylation sites (N-methyl/N-ethyl adjacent to an activating group) is 1. The van der Waals surface area contributed by atoms with Gasteiger partial charge in [0.2, 0.25) is 5.91 Å². The average Bonchev–Trinajstić information content (AvgIpc) is 2.56. The number of carbonyl (C=O) groups is 2. The maximum atomic E-state index is 12.2. The van der Waals surface area contributed by atoms with Crippen molar-refractivity contribution in [3.8, 4) is 5.75 Å². The fourth-order valence-corrected chi connectivity index (χ4v) is 2.53. The molecule has 2 amide bonds. The van der Waals surface area contributed by atoms with Crippen LogP contribution in [0.1, 0.15) is 15.9 Å². The summed E-state index contributed by atoms with van der Waals surface area (Å²) >= 11 is 3.36. The number of hydrogen-bond acceptors (Lipinski definition) is 3. The van der Waals surface area contributed by atoms with Crippen molar-refractivity contribution in [1.29, 1.82) is 0 Å². The Hall–Kier alpha value is -2.34. The van der Waals surface area contributed by atoms with E-state index in [-0.39, 0.29) is 11.8 Å². The van der Waals surface area contributed by atoms with Gasteiger partial charge in [-0.05, 0) is 51.8 Å². The fourth-order valence-electron chi connectivity index (χ4n) is 1.99. The first-order valence-electron chi connectivity index (χ1n) is 6.98. The molecule has 2 N–H and O–H groups in total. The smallest absolute Gasteiger partial charge is 0.255 e. The van der Waals surface area contributed by atoms with Gasteiger partial charge in [-0.15, -0.1) is 0 Å². The number of amides is 2. The van der Waals surface area contributed by atoms with E-state index in [1.165, 1.54) is 0 Å². The number of halogens is 1. The lowest BCUT2D eigenvalue weighted by atomic mass is 10.1. The third-order valence-electron chi connectivity index (χ3n) is 3.27. The van der Waals surface area contributed by atoms with Crippen LogP contribution in [0.15, 0.2) is 46.9 Å². The predicted octanol–water partition coefficient (Wildman–Crippen LogP) is 3.00. The number of ether oxygens (including phenoxy) is 1. The zero-order chi connectivity index (χ0) is 16.8.